The van der Waals surface area contributed by atoms with E-state index in [1.807, 2.05) is 6.20 Å². The monoisotopic (exact) mass is 216 g/mol. The molecule has 0 aromatic carbocycles. The minimum atomic E-state index is 0.122. The lowest BCUT2D eigenvalue weighted by Crippen LogP contribution is -2.20. The van der Waals surface area contributed by atoms with Crippen LogP contribution in [0.4, 0.5) is 0 Å². The van der Waals surface area contributed by atoms with Crippen molar-refractivity contribution in [2.24, 2.45) is 0 Å². The van der Waals surface area contributed by atoms with Gasteiger partial charge in [0.2, 0.25) is 0 Å². The summed E-state index contributed by atoms with van der Waals surface area (Å²) in [5, 5.41) is 1.28. The molecule has 86 valence electrons. The van der Waals surface area contributed by atoms with Crippen molar-refractivity contribution in [2.75, 3.05) is 0 Å². The molecule has 0 aliphatic rings. The third-order valence-electron chi connectivity index (χ3n) is 2.92. The number of nitrogens with zero attached hydrogens (tertiary/aromatic N) is 2. The van der Waals surface area contributed by atoms with Crippen LogP contribution in [0.1, 0.15) is 46.2 Å². The van der Waals surface area contributed by atoms with Crippen molar-refractivity contribution in [2.45, 2.75) is 46.1 Å². The third-order valence-corrected chi connectivity index (χ3v) is 2.92. The van der Waals surface area contributed by atoms with Gasteiger partial charge < -0.3 is 4.57 Å². The molecule has 0 radical (unpaired) electrons. The molecule has 2 aromatic rings. The Morgan fingerprint density at radius 1 is 1.19 bits per heavy atom. The molecule has 0 atom stereocenters. The van der Waals surface area contributed by atoms with Crippen molar-refractivity contribution in [1.82, 2.24) is 9.55 Å². The van der Waals surface area contributed by atoms with E-state index in [1.165, 1.54) is 16.6 Å². The first-order chi connectivity index (χ1) is 7.41. The van der Waals surface area contributed by atoms with Gasteiger partial charge in [-0.2, -0.15) is 0 Å². The van der Waals surface area contributed by atoms with E-state index in [9.17, 15) is 0 Å². The highest BCUT2D eigenvalue weighted by Gasteiger charge is 2.17. The molecule has 2 rings (SSSR count). The van der Waals surface area contributed by atoms with E-state index in [4.69, 9.17) is 0 Å². The summed E-state index contributed by atoms with van der Waals surface area (Å²) in [6.07, 6.45) is 4.08. The molecule has 0 aliphatic carbocycles. The number of fused-ring (bicyclic) bond motifs is 1. The lowest BCUT2D eigenvalue weighted by molar-refractivity contribution is 0.411. The zero-order valence-corrected chi connectivity index (χ0v) is 10.8. The number of hydrogen-bond acceptors (Lipinski definition) is 1. The van der Waals surface area contributed by atoms with Gasteiger partial charge in [-0.05, 0) is 38.8 Å². The van der Waals surface area contributed by atoms with Crippen LogP contribution in [-0.4, -0.2) is 9.55 Å². The van der Waals surface area contributed by atoms with Gasteiger partial charge in [0, 0.05) is 23.3 Å². The van der Waals surface area contributed by atoms with Crippen LogP contribution in [-0.2, 0) is 5.54 Å². The zero-order chi connectivity index (χ0) is 11.9. The van der Waals surface area contributed by atoms with Gasteiger partial charge in [0.15, 0.2) is 0 Å². The van der Waals surface area contributed by atoms with Crippen LogP contribution in [0.15, 0.2) is 24.5 Å². The van der Waals surface area contributed by atoms with Crippen LogP contribution in [0.5, 0.6) is 0 Å². The molecule has 0 bridgehead atoms. The van der Waals surface area contributed by atoms with Gasteiger partial charge in [0.25, 0.3) is 0 Å². The SMILES string of the molecule is CC(C)c1nccc2c1ccn2C(C)(C)C. The van der Waals surface area contributed by atoms with Crippen molar-refractivity contribution in [3.63, 3.8) is 0 Å². The lowest BCUT2D eigenvalue weighted by atomic mass is 10.1. The molecule has 0 saturated heterocycles. The Bertz CT molecular complexity index is 501. The molecule has 0 aliphatic heterocycles. The number of pyridine rings is 1. The maximum Gasteiger partial charge on any atom is 0.0522 e. The van der Waals surface area contributed by atoms with Gasteiger partial charge >= 0.3 is 0 Å². The van der Waals surface area contributed by atoms with Gasteiger partial charge in [-0.3, -0.25) is 4.98 Å². The van der Waals surface area contributed by atoms with E-state index in [0.29, 0.717) is 5.92 Å². The molecule has 0 N–H and O–H groups in total. The largest absolute Gasteiger partial charge is 0.342 e. The molecule has 0 unspecified atom stereocenters. The highest BCUT2D eigenvalue weighted by molar-refractivity contribution is 5.83. The van der Waals surface area contributed by atoms with E-state index >= 15 is 0 Å². The van der Waals surface area contributed by atoms with Gasteiger partial charge in [0.1, 0.15) is 0 Å². The van der Waals surface area contributed by atoms with Crippen molar-refractivity contribution in [1.29, 1.82) is 0 Å². The average Bonchev–Trinajstić information content (AvgIpc) is 2.59. The van der Waals surface area contributed by atoms with Crippen LogP contribution in [0, 0.1) is 0 Å². The first kappa shape index (κ1) is 11.2. The molecular formula is C14H20N2. The smallest absolute Gasteiger partial charge is 0.0522 e. The predicted molar refractivity (Wildman–Crippen MR) is 68.8 cm³/mol. The molecule has 0 amide bonds. The second-order valence-electron chi connectivity index (χ2n) is 5.64. The summed E-state index contributed by atoms with van der Waals surface area (Å²) in [7, 11) is 0. The summed E-state index contributed by atoms with van der Waals surface area (Å²) in [5.41, 5.74) is 2.60. The molecule has 2 aromatic heterocycles. The van der Waals surface area contributed by atoms with Crippen LogP contribution >= 0.6 is 0 Å². The van der Waals surface area contributed by atoms with Crippen molar-refractivity contribution in [3.8, 4) is 0 Å². The molecule has 2 nitrogen and oxygen atoms in total. The molecule has 2 heteroatoms. The minimum absolute atomic E-state index is 0.122. The highest BCUT2D eigenvalue weighted by atomic mass is 15.0. The van der Waals surface area contributed by atoms with Crippen LogP contribution in [0.3, 0.4) is 0 Å². The number of aromatic nitrogens is 2. The fourth-order valence-corrected chi connectivity index (χ4v) is 2.13. The normalized spacial score (nSPS) is 12.6. The fraction of sp³-hybridized carbons (Fsp3) is 0.500. The Hall–Kier alpha value is -1.31. The highest BCUT2D eigenvalue weighted by Crippen LogP contribution is 2.28. The first-order valence-electron chi connectivity index (χ1n) is 5.87. The Labute approximate surface area is 97.3 Å². The van der Waals surface area contributed by atoms with E-state index in [-0.39, 0.29) is 5.54 Å². The van der Waals surface area contributed by atoms with Crippen molar-refractivity contribution >= 4 is 10.9 Å². The second-order valence-corrected chi connectivity index (χ2v) is 5.64. The van der Waals surface area contributed by atoms with E-state index in [2.05, 4.69) is 62.5 Å². The fourth-order valence-electron chi connectivity index (χ4n) is 2.13. The lowest BCUT2D eigenvalue weighted by Gasteiger charge is -2.22. The standard InChI is InChI=1S/C14H20N2/c1-10(2)13-11-7-9-16(14(3,4)5)12(11)6-8-15-13/h6-10H,1-5H3. The number of rotatable bonds is 1. The summed E-state index contributed by atoms with van der Waals surface area (Å²) in [4.78, 5) is 4.49. The van der Waals surface area contributed by atoms with Gasteiger partial charge in [-0.25, -0.2) is 0 Å². The van der Waals surface area contributed by atoms with Crippen LogP contribution in [0.25, 0.3) is 10.9 Å². The molecule has 0 spiro atoms. The number of hydrogen-bond donors (Lipinski definition) is 0. The predicted octanol–water partition coefficient (Wildman–Crippen LogP) is 3.91. The first-order valence-corrected chi connectivity index (χ1v) is 5.87. The molecular weight excluding hydrogens is 196 g/mol. The summed E-state index contributed by atoms with van der Waals surface area (Å²) >= 11 is 0. The third kappa shape index (κ3) is 1.73. The Kier molecular flexibility index (Phi) is 2.53. The Morgan fingerprint density at radius 3 is 2.44 bits per heavy atom. The quantitative estimate of drug-likeness (QED) is 0.706. The summed E-state index contributed by atoms with van der Waals surface area (Å²) in [6.45, 7) is 11.1. The second kappa shape index (κ2) is 3.62. The Balaban J connectivity index is 2.71. The minimum Gasteiger partial charge on any atom is -0.342 e. The van der Waals surface area contributed by atoms with E-state index in [1.54, 1.807) is 0 Å². The maximum absolute atomic E-state index is 4.49. The maximum atomic E-state index is 4.49. The van der Waals surface area contributed by atoms with Crippen molar-refractivity contribution in [3.05, 3.63) is 30.2 Å². The summed E-state index contributed by atoms with van der Waals surface area (Å²) in [5.74, 6) is 0.472. The van der Waals surface area contributed by atoms with Gasteiger partial charge in [-0.15, -0.1) is 0 Å². The zero-order valence-electron chi connectivity index (χ0n) is 10.8. The van der Waals surface area contributed by atoms with Gasteiger partial charge in [0.05, 0.1) is 11.2 Å². The van der Waals surface area contributed by atoms with Crippen molar-refractivity contribution < 1.29 is 0 Å². The van der Waals surface area contributed by atoms with Gasteiger partial charge in [-0.1, -0.05) is 13.8 Å². The molecule has 0 fully saturated rings. The Morgan fingerprint density at radius 2 is 1.88 bits per heavy atom. The topological polar surface area (TPSA) is 17.8 Å². The van der Waals surface area contributed by atoms with Crippen LogP contribution in [0.2, 0.25) is 0 Å². The van der Waals surface area contributed by atoms with Crippen LogP contribution < -0.4 is 0 Å². The summed E-state index contributed by atoms with van der Waals surface area (Å²) in [6, 6.07) is 4.29. The average molecular weight is 216 g/mol. The molecule has 0 saturated carbocycles. The van der Waals surface area contributed by atoms with E-state index < -0.39 is 0 Å². The summed E-state index contributed by atoms with van der Waals surface area (Å²) < 4.78 is 2.32. The molecule has 2 heterocycles. The molecule has 16 heavy (non-hydrogen) atoms. The van der Waals surface area contributed by atoms with E-state index in [0.717, 1.165) is 0 Å².